The van der Waals surface area contributed by atoms with E-state index in [1.54, 1.807) is 12.3 Å². The minimum atomic E-state index is -0.185. The lowest BCUT2D eigenvalue weighted by atomic mass is 10.0. The summed E-state index contributed by atoms with van der Waals surface area (Å²) in [6.45, 7) is 7.22. The number of hydrogen-bond acceptors (Lipinski definition) is 3. The van der Waals surface area contributed by atoms with E-state index in [1.807, 2.05) is 30.3 Å². The van der Waals surface area contributed by atoms with E-state index in [0.29, 0.717) is 11.6 Å². The predicted molar refractivity (Wildman–Crippen MR) is 91.5 cm³/mol. The van der Waals surface area contributed by atoms with Gasteiger partial charge >= 0.3 is 0 Å². The van der Waals surface area contributed by atoms with Gasteiger partial charge in [0, 0.05) is 12.2 Å². The van der Waals surface area contributed by atoms with Crippen molar-refractivity contribution in [2.75, 3.05) is 17.2 Å². The molecule has 4 nitrogen and oxygen atoms in total. The van der Waals surface area contributed by atoms with E-state index in [9.17, 15) is 4.79 Å². The highest BCUT2D eigenvalue weighted by Gasteiger charge is 2.11. The van der Waals surface area contributed by atoms with Gasteiger partial charge in [-0.1, -0.05) is 39.0 Å². The maximum atomic E-state index is 12.3. The van der Waals surface area contributed by atoms with Gasteiger partial charge in [-0.3, -0.25) is 4.79 Å². The van der Waals surface area contributed by atoms with Crippen LogP contribution in [0.25, 0.3) is 0 Å². The zero-order valence-corrected chi connectivity index (χ0v) is 13.4. The summed E-state index contributed by atoms with van der Waals surface area (Å²) in [4.78, 5) is 16.5. The molecule has 2 aromatic rings. The lowest BCUT2D eigenvalue weighted by Gasteiger charge is -2.13. The van der Waals surface area contributed by atoms with Crippen LogP contribution in [-0.4, -0.2) is 17.4 Å². The molecule has 0 spiro atoms. The number of para-hydroxylation sites is 1. The van der Waals surface area contributed by atoms with Crippen LogP contribution >= 0.6 is 0 Å². The number of anilines is 2. The zero-order valence-electron chi connectivity index (χ0n) is 13.4. The first kappa shape index (κ1) is 16.0. The molecule has 0 saturated carbocycles. The Balaban J connectivity index is 2.09. The topological polar surface area (TPSA) is 54.0 Å². The first-order chi connectivity index (χ1) is 10.6. The minimum absolute atomic E-state index is 0.185. The number of nitrogens with one attached hydrogen (secondary N) is 2. The summed E-state index contributed by atoms with van der Waals surface area (Å²) >= 11 is 0. The monoisotopic (exact) mass is 297 g/mol. The largest absolute Gasteiger partial charge is 0.384 e. The van der Waals surface area contributed by atoms with Crippen LogP contribution in [0.15, 0.2) is 42.6 Å². The molecule has 0 atom stereocenters. The van der Waals surface area contributed by atoms with E-state index in [0.717, 1.165) is 29.9 Å². The van der Waals surface area contributed by atoms with Gasteiger partial charge in [0.05, 0.1) is 11.9 Å². The van der Waals surface area contributed by atoms with E-state index < -0.39 is 0 Å². The van der Waals surface area contributed by atoms with Gasteiger partial charge in [-0.05, 0) is 36.1 Å². The average Bonchev–Trinajstić information content (AvgIpc) is 2.53. The van der Waals surface area contributed by atoms with Gasteiger partial charge in [-0.15, -0.1) is 0 Å². The number of pyridine rings is 1. The summed E-state index contributed by atoms with van der Waals surface area (Å²) in [6.07, 6.45) is 2.74. The van der Waals surface area contributed by atoms with E-state index in [-0.39, 0.29) is 5.91 Å². The molecular weight excluding hydrogens is 274 g/mol. The summed E-state index contributed by atoms with van der Waals surface area (Å²) < 4.78 is 0. The third-order valence-electron chi connectivity index (χ3n) is 3.41. The number of hydrogen-bond donors (Lipinski definition) is 2. The number of benzene rings is 1. The van der Waals surface area contributed by atoms with Gasteiger partial charge < -0.3 is 10.6 Å². The Hall–Kier alpha value is -2.36. The lowest BCUT2D eigenvalue weighted by Crippen LogP contribution is -2.15. The highest BCUT2D eigenvalue weighted by atomic mass is 16.1. The Morgan fingerprint density at radius 2 is 1.95 bits per heavy atom. The first-order valence-electron chi connectivity index (χ1n) is 7.72. The summed E-state index contributed by atoms with van der Waals surface area (Å²) in [5.74, 6) is 0.167. The molecule has 0 aliphatic carbocycles. The smallest absolute Gasteiger partial charge is 0.274 e. The number of nitrogens with zero attached hydrogens (tertiary/aromatic N) is 1. The van der Waals surface area contributed by atoms with Gasteiger partial charge in [-0.25, -0.2) is 4.98 Å². The predicted octanol–water partition coefficient (Wildman–Crippen LogP) is 4.28. The molecule has 116 valence electrons. The first-order valence-corrected chi connectivity index (χ1v) is 7.72. The van der Waals surface area contributed by atoms with Crippen LogP contribution in [0.1, 0.15) is 49.2 Å². The molecule has 1 heterocycles. The molecule has 0 saturated heterocycles. The fourth-order valence-electron chi connectivity index (χ4n) is 2.20. The lowest BCUT2D eigenvalue weighted by molar-refractivity contribution is 0.102. The summed E-state index contributed by atoms with van der Waals surface area (Å²) in [6, 6.07) is 11.5. The molecule has 2 rings (SSSR count). The summed E-state index contributed by atoms with van der Waals surface area (Å²) in [5.41, 5.74) is 3.32. The Bertz CT molecular complexity index is 620. The van der Waals surface area contributed by atoms with Crippen LogP contribution in [0.5, 0.6) is 0 Å². The van der Waals surface area contributed by atoms with Crippen LogP contribution in [0, 0.1) is 0 Å². The van der Waals surface area contributed by atoms with E-state index in [4.69, 9.17) is 0 Å². The van der Waals surface area contributed by atoms with Crippen LogP contribution in [0.4, 0.5) is 11.4 Å². The fourth-order valence-corrected chi connectivity index (χ4v) is 2.20. The van der Waals surface area contributed by atoms with Gasteiger partial charge in [0.25, 0.3) is 5.91 Å². The molecule has 2 N–H and O–H groups in total. The molecule has 0 unspecified atom stereocenters. The van der Waals surface area contributed by atoms with Crippen molar-refractivity contribution in [3.05, 3.63) is 53.9 Å². The number of carbonyl (C=O) groups is 1. The van der Waals surface area contributed by atoms with Crippen LogP contribution in [-0.2, 0) is 0 Å². The van der Waals surface area contributed by atoms with Crippen molar-refractivity contribution in [3.8, 4) is 0 Å². The van der Waals surface area contributed by atoms with Gasteiger partial charge in [0.15, 0.2) is 0 Å². The summed E-state index contributed by atoms with van der Waals surface area (Å²) in [5, 5.41) is 6.19. The quantitative estimate of drug-likeness (QED) is 0.836. The third-order valence-corrected chi connectivity index (χ3v) is 3.41. The number of amides is 1. The Kier molecular flexibility index (Phi) is 5.53. The van der Waals surface area contributed by atoms with E-state index in [2.05, 4.69) is 36.4 Å². The second-order valence-electron chi connectivity index (χ2n) is 5.55. The molecule has 0 aliphatic rings. The number of aromatic nitrogens is 1. The molecule has 0 fully saturated rings. The second kappa shape index (κ2) is 7.59. The maximum Gasteiger partial charge on any atom is 0.274 e. The Morgan fingerprint density at radius 3 is 2.59 bits per heavy atom. The molecule has 0 radical (unpaired) electrons. The van der Waals surface area contributed by atoms with Crippen molar-refractivity contribution in [1.82, 2.24) is 4.98 Å². The number of rotatable bonds is 6. The van der Waals surface area contributed by atoms with Crippen LogP contribution in [0.3, 0.4) is 0 Å². The van der Waals surface area contributed by atoms with Crippen molar-refractivity contribution in [1.29, 1.82) is 0 Å². The second-order valence-corrected chi connectivity index (χ2v) is 5.55. The molecule has 1 aromatic heterocycles. The van der Waals surface area contributed by atoms with E-state index >= 15 is 0 Å². The van der Waals surface area contributed by atoms with Crippen molar-refractivity contribution in [3.63, 3.8) is 0 Å². The normalized spacial score (nSPS) is 10.5. The van der Waals surface area contributed by atoms with Crippen molar-refractivity contribution in [2.45, 2.75) is 33.1 Å². The molecule has 4 heteroatoms. The minimum Gasteiger partial charge on any atom is -0.384 e. The maximum absolute atomic E-state index is 12.3. The highest BCUT2D eigenvalue weighted by Crippen LogP contribution is 2.24. The van der Waals surface area contributed by atoms with Gasteiger partial charge in [0.2, 0.25) is 0 Å². The van der Waals surface area contributed by atoms with Crippen molar-refractivity contribution in [2.24, 2.45) is 0 Å². The number of carbonyl (C=O) groups excluding carboxylic acids is 1. The van der Waals surface area contributed by atoms with Gasteiger partial charge in [-0.2, -0.15) is 0 Å². The molecule has 0 aliphatic heterocycles. The third kappa shape index (κ3) is 4.07. The molecule has 22 heavy (non-hydrogen) atoms. The zero-order chi connectivity index (χ0) is 15.9. The Morgan fingerprint density at radius 1 is 1.18 bits per heavy atom. The molecule has 0 bridgehead atoms. The van der Waals surface area contributed by atoms with Gasteiger partial charge in [0.1, 0.15) is 5.69 Å². The standard InChI is InChI=1S/C18H23N3O/c1-4-11-19-14-9-10-17(20-12-14)18(22)21-16-8-6-5-7-15(16)13(2)3/h5-10,12-13,19H,4,11H2,1-3H3,(H,21,22). The fraction of sp³-hybridized carbons (Fsp3) is 0.333. The SMILES string of the molecule is CCCNc1ccc(C(=O)Nc2ccccc2C(C)C)nc1. The van der Waals surface area contributed by atoms with Crippen LogP contribution < -0.4 is 10.6 Å². The average molecular weight is 297 g/mol. The van der Waals surface area contributed by atoms with E-state index in [1.165, 1.54) is 0 Å². The molecule has 1 aromatic carbocycles. The van der Waals surface area contributed by atoms with Crippen molar-refractivity contribution < 1.29 is 4.79 Å². The molecule has 1 amide bonds. The van der Waals surface area contributed by atoms with Crippen LogP contribution in [0.2, 0.25) is 0 Å². The molecular formula is C18H23N3O. The Labute approximate surface area is 132 Å². The summed E-state index contributed by atoms with van der Waals surface area (Å²) in [7, 11) is 0. The highest BCUT2D eigenvalue weighted by molar-refractivity contribution is 6.03. The van der Waals surface area contributed by atoms with Crippen molar-refractivity contribution >= 4 is 17.3 Å².